The minimum absolute atomic E-state index is 0.0983. The van der Waals surface area contributed by atoms with Gasteiger partial charge in [-0.3, -0.25) is 9.98 Å². The Morgan fingerprint density at radius 3 is 2.48 bits per heavy atom. The molecule has 0 fully saturated rings. The zero-order chi connectivity index (χ0) is 30.1. The molecule has 1 unspecified atom stereocenters. The summed E-state index contributed by atoms with van der Waals surface area (Å²) in [5.41, 5.74) is 5.73. The lowest BCUT2D eigenvalue weighted by Gasteiger charge is -2.10. The van der Waals surface area contributed by atoms with Crippen molar-refractivity contribution in [2.45, 2.75) is 92.7 Å². The molecule has 1 aromatic heterocycles. The first kappa shape index (κ1) is 34.7. The Bertz CT molecular complexity index is 1230. The van der Waals surface area contributed by atoms with Crippen molar-refractivity contribution in [3.8, 4) is 11.8 Å². The third-order valence-electron chi connectivity index (χ3n) is 5.89. The number of ether oxygens (including phenoxy) is 1. The van der Waals surface area contributed by atoms with Crippen LogP contribution in [0, 0.1) is 23.7 Å². The molecule has 0 aliphatic rings. The van der Waals surface area contributed by atoms with Gasteiger partial charge in [0.25, 0.3) is 0 Å². The number of aliphatic imine (C=N–C) groups is 1. The van der Waals surface area contributed by atoms with Crippen LogP contribution in [0.15, 0.2) is 53.2 Å². The maximum absolute atomic E-state index is 12.0. The lowest BCUT2D eigenvalue weighted by Crippen LogP contribution is -2.05. The Kier molecular flexibility index (Phi) is 16.3. The van der Waals surface area contributed by atoms with Gasteiger partial charge in [-0.05, 0) is 75.4 Å². The smallest absolute Gasteiger partial charge is 0.387 e. The number of aromatic nitrogens is 1. The predicted octanol–water partition coefficient (Wildman–Crippen LogP) is 9.56. The molecule has 1 aromatic carbocycles. The minimum Gasteiger partial charge on any atom is -0.435 e. The molecule has 0 aliphatic carbocycles. The van der Waals surface area contributed by atoms with Crippen molar-refractivity contribution < 1.29 is 13.5 Å². The van der Waals surface area contributed by atoms with Gasteiger partial charge in [0.05, 0.1) is 29.9 Å². The zero-order valence-corrected chi connectivity index (χ0v) is 25.2. The maximum atomic E-state index is 12.0. The lowest BCUT2D eigenvalue weighted by atomic mass is 10.0. The average Bonchev–Trinajstić information content (AvgIpc) is 2.89. The largest absolute Gasteiger partial charge is 0.435 e. The van der Waals surface area contributed by atoms with E-state index in [-0.39, 0.29) is 18.2 Å². The van der Waals surface area contributed by atoms with E-state index in [2.05, 4.69) is 49.6 Å². The number of rotatable bonds is 13. The van der Waals surface area contributed by atoms with Gasteiger partial charge in [0.2, 0.25) is 0 Å². The summed E-state index contributed by atoms with van der Waals surface area (Å²) in [6, 6.07) is 8.84. The number of benzene rings is 1. The van der Waals surface area contributed by atoms with Crippen LogP contribution in [0.1, 0.15) is 89.1 Å². The van der Waals surface area contributed by atoms with Crippen LogP contribution in [0.4, 0.5) is 8.78 Å². The molecule has 1 atom stereocenters. The lowest BCUT2D eigenvalue weighted by molar-refractivity contribution is -0.0504. The molecular formula is C32H41ClF2N4O. The van der Waals surface area contributed by atoms with Gasteiger partial charge < -0.3 is 10.1 Å². The number of aryl methyl sites for hydroxylation is 2. The van der Waals surface area contributed by atoms with Crippen molar-refractivity contribution in [3.05, 3.63) is 75.6 Å². The highest BCUT2D eigenvalue weighted by Gasteiger charge is 2.11. The third-order valence-corrected chi connectivity index (χ3v) is 6.13. The van der Waals surface area contributed by atoms with E-state index in [1.165, 1.54) is 6.07 Å². The van der Waals surface area contributed by atoms with Gasteiger partial charge in [0, 0.05) is 28.6 Å². The highest BCUT2D eigenvalue weighted by atomic mass is 35.5. The summed E-state index contributed by atoms with van der Waals surface area (Å²) in [5.74, 6) is 0.214. The second kappa shape index (κ2) is 18.8. The molecule has 1 heterocycles. The molecule has 0 saturated heterocycles. The fraction of sp³-hybridized carbons (Fsp3) is 0.438. The molecule has 0 spiro atoms. The highest BCUT2D eigenvalue weighted by molar-refractivity contribution is 6.30. The summed E-state index contributed by atoms with van der Waals surface area (Å²) in [4.78, 5) is 9.26. The van der Waals surface area contributed by atoms with Crippen LogP contribution >= 0.6 is 11.6 Å². The number of unbranched alkanes of at least 4 members (excludes halogenated alkanes) is 1. The van der Waals surface area contributed by atoms with Gasteiger partial charge in [-0.25, -0.2) is 0 Å². The quantitative estimate of drug-likeness (QED) is 0.192. The molecule has 1 N–H and O–H groups in total. The summed E-state index contributed by atoms with van der Waals surface area (Å²) < 4.78 is 28.3. The number of halogens is 3. The van der Waals surface area contributed by atoms with Crippen molar-refractivity contribution in [2.24, 2.45) is 4.99 Å². The number of alkyl halides is 2. The van der Waals surface area contributed by atoms with E-state index >= 15 is 0 Å². The fourth-order valence-electron chi connectivity index (χ4n) is 3.75. The van der Waals surface area contributed by atoms with Gasteiger partial charge in [-0.2, -0.15) is 14.0 Å². The summed E-state index contributed by atoms with van der Waals surface area (Å²) in [6.45, 7) is 9.55. The van der Waals surface area contributed by atoms with Crippen LogP contribution in [-0.2, 0) is 6.42 Å². The molecule has 5 nitrogen and oxygen atoms in total. The molecule has 8 heteroatoms. The van der Waals surface area contributed by atoms with Crippen LogP contribution in [0.5, 0.6) is 5.75 Å². The molecule has 0 amide bonds. The Balaban J connectivity index is 0.000000479. The van der Waals surface area contributed by atoms with Gasteiger partial charge in [0.1, 0.15) is 5.75 Å². The van der Waals surface area contributed by atoms with E-state index in [9.17, 15) is 8.78 Å². The molecule has 0 aliphatic heterocycles. The van der Waals surface area contributed by atoms with Crippen LogP contribution in [0.25, 0.3) is 5.57 Å². The summed E-state index contributed by atoms with van der Waals surface area (Å²) >= 11 is 5.75. The number of hydrogen-bond donors (Lipinski definition) is 1. The number of hydrogen-bond acceptors (Lipinski definition) is 5. The molecule has 216 valence electrons. The number of nitrogens with one attached hydrogen (secondary N) is 1. The molecule has 0 saturated carbocycles. The number of nitriles is 1. The van der Waals surface area contributed by atoms with E-state index < -0.39 is 6.61 Å². The highest BCUT2D eigenvalue weighted by Crippen LogP contribution is 2.25. The first-order valence-electron chi connectivity index (χ1n) is 13.6. The first-order chi connectivity index (χ1) is 19.1. The standard InChI is InChI=1S/C22H30N4.C10H11ClF2O/c1-6-8-9-10-18(7-2)25-14-19(16(3)4)22-13-17(5)20(15-26-22)21(24)11-12-23;1-2-3-7-6-8(11)4-5-9(7)14-10(12)13/h9-10,13-15,18,24H,6-8,11H2,1-5H3;4-6,10H,2-3H2,1H3/b10-9-,24-21?,25-14?;. The van der Waals surface area contributed by atoms with Crippen molar-refractivity contribution in [1.82, 2.24) is 4.98 Å². The van der Waals surface area contributed by atoms with Crippen LogP contribution in [-0.4, -0.2) is 29.6 Å². The SMILES string of the molecule is CCC/C=C\C(CC)N=CC(=C(C)C)c1cc(C)c(C(=N)CC#N)cn1.CCCc1cc(Cl)ccc1OC(F)F. The van der Waals surface area contributed by atoms with Crippen LogP contribution < -0.4 is 4.74 Å². The van der Waals surface area contributed by atoms with E-state index in [4.69, 9.17) is 27.3 Å². The molecule has 0 radical (unpaired) electrons. The van der Waals surface area contributed by atoms with Gasteiger partial charge >= 0.3 is 6.61 Å². The average molecular weight is 571 g/mol. The Morgan fingerprint density at radius 1 is 1.20 bits per heavy atom. The van der Waals surface area contributed by atoms with Crippen LogP contribution in [0.2, 0.25) is 5.02 Å². The Morgan fingerprint density at radius 2 is 1.93 bits per heavy atom. The van der Waals surface area contributed by atoms with E-state index in [1.807, 2.05) is 32.2 Å². The molecule has 2 aromatic rings. The summed E-state index contributed by atoms with van der Waals surface area (Å²) in [7, 11) is 0. The van der Waals surface area contributed by atoms with Crippen molar-refractivity contribution in [1.29, 1.82) is 10.7 Å². The molecule has 0 bridgehead atoms. The van der Waals surface area contributed by atoms with E-state index in [1.54, 1.807) is 18.3 Å². The number of nitrogens with zero attached hydrogens (tertiary/aromatic N) is 3. The maximum Gasteiger partial charge on any atom is 0.387 e. The Hall–Kier alpha value is -3.37. The van der Waals surface area contributed by atoms with Crippen molar-refractivity contribution >= 4 is 29.1 Å². The molecular weight excluding hydrogens is 530 g/mol. The van der Waals surface area contributed by atoms with Crippen molar-refractivity contribution in [3.63, 3.8) is 0 Å². The zero-order valence-electron chi connectivity index (χ0n) is 24.4. The fourth-order valence-corrected chi connectivity index (χ4v) is 3.94. The first-order valence-corrected chi connectivity index (χ1v) is 14.0. The summed E-state index contributed by atoms with van der Waals surface area (Å²) in [5, 5.41) is 17.3. The van der Waals surface area contributed by atoms with E-state index in [0.717, 1.165) is 59.2 Å². The van der Waals surface area contributed by atoms with E-state index in [0.29, 0.717) is 17.2 Å². The predicted molar refractivity (Wildman–Crippen MR) is 163 cm³/mol. The topological polar surface area (TPSA) is 82.1 Å². The molecule has 2 rings (SSSR count). The van der Waals surface area contributed by atoms with Crippen LogP contribution in [0.3, 0.4) is 0 Å². The van der Waals surface area contributed by atoms with Crippen molar-refractivity contribution in [2.75, 3.05) is 0 Å². The summed E-state index contributed by atoms with van der Waals surface area (Å²) in [6.07, 6.45) is 12.8. The van der Waals surface area contributed by atoms with Gasteiger partial charge in [-0.1, -0.05) is 62.9 Å². The Labute approximate surface area is 243 Å². The molecule has 40 heavy (non-hydrogen) atoms. The van der Waals surface area contributed by atoms with Gasteiger partial charge in [-0.15, -0.1) is 0 Å². The number of allylic oxidation sites excluding steroid dienone is 3. The second-order valence-electron chi connectivity index (χ2n) is 9.46. The normalized spacial score (nSPS) is 11.7. The second-order valence-corrected chi connectivity index (χ2v) is 9.90. The third kappa shape index (κ3) is 12.2. The number of pyridine rings is 1. The monoisotopic (exact) mass is 570 g/mol. The minimum atomic E-state index is -2.79. The van der Waals surface area contributed by atoms with Gasteiger partial charge in [0.15, 0.2) is 0 Å².